The Hall–Kier alpha value is -5.80. The standard InChI is InChI=1S/C59H63BN2/c1-38-32-53-55-54(33-38)62(50-29-25-42(57(5,6)7)35-46(50)40-22-18-15-19-23-40)52-31-27-44(59(11,12)13)37-48(52)60(55)47-36-43(58(8,9)10)26-30-51(47)61(53)49-28-24-41(56(2,3)4)34-45(49)39-20-16-14-17-21-39/h14-37H,1-13H3. The molecule has 7 aromatic rings. The van der Waals surface area contributed by atoms with Gasteiger partial charge in [-0.25, -0.2) is 0 Å². The third kappa shape index (κ3) is 7.18. The Morgan fingerprint density at radius 1 is 0.339 bits per heavy atom. The maximum Gasteiger partial charge on any atom is 0.252 e. The van der Waals surface area contributed by atoms with E-state index in [-0.39, 0.29) is 28.4 Å². The van der Waals surface area contributed by atoms with E-state index in [1.165, 1.54) is 101 Å². The van der Waals surface area contributed by atoms with E-state index >= 15 is 0 Å². The SMILES string of the molecule is Cc1cc2c3c(c1)N(c1ccc(C(C)(C)C)cc1-c1ccccc1)c1ccc(C(C)(C)C)cc1B3c1cc(C(C)(C)C)ccc1N2c1ccc(C(C)(C)C)cc1-c1ccccc1. The number of hydrogen-bond donors (Lipinski definition) is 0. The highest BCUT2D eigenvalue weighted by molar-refractivity contribution is 7.00. The first kappa shape index (κ1) is 41.6. The normalized spacial score (nSPS) is 13.8. The van der Waals surface area contributed by atoms with E-state index in [9.17, 15) is 0 Å². The van der Waals surface area contributed by atoms with E-state index in [0.29, 0.717) is 0 Å². The lowest BCUT2D eigenvalue weighted by atomic mass is 9.33. The molecular weight excluding hydrogens is 747 g/mol. The van der Waals surface area contributed by atoms with Crippen LogP contribution in [0.25, 0.3) is 22.3 Å². The van der Waals surface area contributed by atoms with Gasteiger partial charge < -0.3 is 9.80 Å². The molecule has 2 heterocycles. The molecular formula is C59H63BN2. The number of benzene rings is 7. The minimum absolute atomic E-state index is 0.00889. The second-order valence-corrected chi connectivity index (χ2v) is 22.1. The van der Waals surface area contributed by atoms with Crippen molar-refractivity contribution in [1.29, 1.82) is 0 Å². The number of anilines is 6. The van der Waals surface area contributed by atoms with E-state index in [0.717, 1.165) is 0 Å². The summed E-state index contributed by atoms with van der Waals surface area (Å²) in [7, 11) is 0. The molecule has 0 saturated heterocycles. The van der Waals surface area contributed by atoms with Crippen molar-refractivity contribution < 1.29 is 0 Å². The second-order valence-electron chi connectivity index (χ2n) is 22.1. The van der Waals surface area contributed by atoms with Crippen molar-refractivity contribution in [1.82, 2.24) is 0 Å². The van der Waals surface area contributed by atoms with E-state index in [1.807, 2.05) is 0 Å². The number of nitrogens with zero attached hydrogens (tertiary/aromatic N) is 2. The fourth-order valence-corrected chi connectivity index (χ4v) is 9.69. The molecule has 9 rings (SSSR count). The van der Waals surface area contributed by atoms with Crippen molar-refractivity contribution in [2.75, 3.05) is 9.80 Å². The Labute approximate surface area is 372 Å². The summed E-state index contributed by atoms with van der Waals surface area (Å²) < 4.78 is 0. The van der Waals surface area contributed by atoms with Crippen LogP contribution in [0.1, 0.15) is 111 Å². The Morgan fingerprint density at radius 2 is 0.661 bits per heavy atom. The van der Waals surface area contributed by atoms with Crippen LogP contribution < -0.4 is 26.2 Å². The predicted octanol–water partition coefficient (Wildman–Crippen LogP) is 14.6. The van der Waals surface area contributed by atoms with Gasteiger partial charge in [0.25, 0.3) is 6.71 Å². The van der Waals surface area contributed by atoms with E-state index < -0.39 is 0 Å². The maximum atomic E-state index is 2.61. The van der Waals surface area contributed by atoms with Crippen LogP contribution in [0.4, 0.5) is 34.1 Å². The largest absolute Gasteiger partial charge is 0.311 e. The molecule has 0 radical (unpaired) electrons. The molecule has 0 saturated carbocycles. The van der Waals surface area contributed by atoms with E-state index in [2.05, 4.69) is 245 Å². The molecule has 0 fully saturated rings. The molecule has 2 aliphatic heterocycles. The van der Waals surface area contributed by atoms with E-state index in [4.69, 9.17) is 0 Å². The number of fused-ring (bicyclic) bond motifs is 4. The molecule has 312 valence electrons. The number of rotatable bonds is 4. The van der Waals surface area contributed by atoms with Crippen LogP contribution in [0.3, 0.4) is 0 Å². The lowest BCUT2D eigenvalue weighted by Crippen LogP contribution is -2.61. The molecule has 0 bridgehead atoms. The number of aryl methyl sites for hydroxylation is 1. The van der Waals surface area contributed by atoms with Gasteiger partial charge in [0, 0.05) is 33.9 Å². The fourth-order valence-electron chi connectivity index (χ4n) is 9.69. The van der Waals surface area contributed by atoms with Gasteiger partial charge in [0.05, 0.1) is 11.4 Å². The van der Waals surface area contributed by atoms with Gasteiger partial charge >= 0.3 is 0 Å². The summed E-state index contributed by atoms with van der Waals surface area (Å²) in [5.74, 6) is 0. The van der Waals surface area contributed by atoms with Crippen LogP contribution in [-0.4, -0.2) is 6.71 Å². The number of hydrogen-bond acceptors (Lipinski definition) is 2. The molecule has 62 heavy (non-hydrogen) atoms. The van der Waals surface area contributed by atoms with Crippen LogP contribution in [-0.2, 0) is 21.7 Å². The molecule has 0 unspecified atom stereocenters. The molecule has 0 atom stereocenters. The molecule has 0 aromatic heterocycles. The zero-order valence-electron chi connectivity index (χ0n) is 39.3. The van der Waals surface area contributed by atoms with Crippen LogP contribution in [0.5, 0.6) is 0 Å². The highest BCUT2D eigenvalue weighted by Gasteiger charge is 2.45. The third-order valence-corrected chi connectivity index (χ3v) is 13.3. The molecule has 0 aliphatic carbocycles. The zero-order chi connectivity index (χ0) is 44.1. The summed E-state index contributed by atoms with van der Waals surface area (Å²) in [6, 6.07) is 56.0. The molecule has 2 nitrogen and oxygen atoms in total. The quantitative estimate of drug-likeness (QED) is 0.163. The van der Waals surface area contributed by atoms with Crippen molar-refractivity contribution in [2.24, 2.45) is 0 Å². The smallest absolute Gasteiger partial charge is 0.252 e. The lowest BCUT2D eigenvalue weighted by Gasteiger charge is -2.46. The Kier molecular flexibility index (Phi) is 9.82. The summed E-state index contributed by atoms with van der Waals surface area (Å²) >= 11 is 0. The van der Waals surface area contributed by atoms with Crippen LogP contribution >= 0.6 is 0 Å². The van der Waals surface area contributed by atoms with Gasteiger partial charge in [-0.2, -0.15) is 0 Å². The van der Waals surface area contributed by atoms with Crippen molar-refractivity contribution in [3.63, 3.8) is 0 Å². The van der Waals surface area contributed by atoms with Gasteiger partial charge in [0.15, 0.2) is 0 Å². The van der Waals surface area contributed by atoms with Gasteiger partial charge in [0.2, 0.25) is 0 Å². The van der Waals surface area contributed by atoms with Gasteiger partial charge in [-0.3, -0.25) is 0 Å². The van der Waals surface area contributed by atoms with Crippen molar-refractivity contribution in [3.05, 3.63) is 173 Å². The Balaban J connectivity index is 1.42. The average molecular weight is 811 g/mol. The average Bonchev–Trinajstić information content (AvgIpc) is 3.22. The van der Waals surface area contributed by atoms with Gasteiger partial charge in [-0.1, -0.05) is 180 Å². The fraction of sp³-hybridized carbons (Fsp3) is 0.288. The molecule has 0 N–H and O–H groups in total. The topological polar surface area (TPSA) is 6.48 Å². The van der Waals surface area contributed by atoms with E-state index in [1.54, 1.807) is 0 Å². The molecule has 0 spiro atoms. The van der Waals surface area contributed by atoms with Crippen molar-refractivity contribution in [2.45, 2.75) is 112 Å². The van der Waals surface area contributed by atoms with Crippen LogP contribution in [0.15, 0.2) is 146 Å². The van der Waals surface area contributed by atoms with Gasteiger partial charge in [-0.15, -0.1) is 0 Å². The zero-order valence-corrected chi connectivity index (χ0v) is 39.3. The Bertz CT molecular complexity index is 2650. The van der Waals surface area contributed by atoms with Crippen molar-refractivity contribution in [3.8, 4) is 22.3 Å². The van der Waals surface area contributed by atoms with Crippen molar-refractivity contribution >= 4 is 57.2 Å². The van der Waals surface area contributed by atoms with Crippen LogP contribution in [0, 0.1) is 6.92 Å². The summed E-state index contributed by atoms with van der Waals surface area (Å²) in [5, 5.41) is 0. The second kappa shape index (κ2) is 14.7. The molecule has 3 heteroatoms. The first-order chi connectivity index (χ1) is 29.2. The highest BCUT2D eigenvalue weighted by Crippen LogP contribution is 2.50. The highest BCUT2D eigenvalue weighted by atomic mass is 15.2. The monoisotopic (exact) mass is 811 g/mol. The maximum absolute atomic E-state index is 2.61. The van der Waals surface area contributed by atoms with Gasteiger partial charge in [-0.05, 0) is 132 Å². The summed E-state index contributed by atoms with van der Waals surface area (Å²) in [6.45, 7) is 30.3. The first-order valence-corrected chi connectivity index (χ1v) is 22.6. The lowest BCUT2D eigenvalue weighted by molar-refractivity contribution is 0.590. The molecule has 0 amide bonds. The minimum atomic E-state index is -0.0318. The summed E-state index contributed by atoms with van der Waals surface area (Å²) in [4.78, 5) is 5.22. The summed E-state index contributed by atoms with van der Waals surface area (Å²) in [6.07, 6.45) is 0. The Morgan fingerprint density at radius 3 is 1.00 bits per heavy atom. The molecule has 2 aliphatic rings. The predicted molar refractivity (Wildman–Crippen MR) is 271 cm³/mol. The molecule has 7 aromatic carbocycles. The third-order valence-electron chi connectivity index (χ3n) is 13.3. The van der Waals surface area contributed by atoms with Gasteiger partial charge in [0.1, 0.15) is 0 Å². The summed E-state index contributed by atoms with van der Waals surface area (Å²) in [5.41, 5.74) is 22.8. The van der Waals surface area contributed by atoms with Crippen LogP contribution in [0.2, 0.25) is 0 Å². The minimum Gasteiger partial charge on any atom is -0.311 e. The first-order valence-electron chi connectivity index (χ1n) is 22.6.